The zero-order valence-corrected chi connectivity index (χ0v) is 41.1. The third kappa shape index (κ3) is 7.77. The first kappa shape index (κ1) is 43.6. The summed E-state index contributed by atoms with van der Waals surface area (Å²) in [5, 5.41) is 3.02. The van der Waals surface area contributed by atoms with Gasteiger partial charge in [0.2, 0.25) is 0 Å². The Bertz CT molecular complexity index is 3140. The fraction of sp³-hybridized carbons (Fsp3) is 0.265. The summed E-state index contributed by atoms with van der Waals surface area (Å²) in [4.78, 5) is 34.8. The number of halogens is 4. The molecule has 1 fully saturated rings. The molecule has 4 aromatic carbocycles. The number of fused-ring (bicyclic) bond motifs is 4. The standard InChI is InChI=1S/C49H48BF2I2N9O2/c1-28-43(53)30(3)62-45(28)42(46-29(2)44(54)31(4)63(46)50(62,51)52)32-8-10-34(11-9-32)49(64)55-20-6-7-25-65-37-16-12-33(13-17-37)47-56-38-18-14-35(26-40(38)58-47)48-57-39-19-15-36(27-41(39)59-48)61-23-21-60(5)22-24-61/h8-19,26-27H,6-7,20-25H2,1-5H3,(H,55,64)(H,56,58)(H,57,59)/i53-2. The Morgan fingerprint density at radius 2 is 1.48 bits per heavy atom. The molecule has 0 saturated carbocycles. The van der Waals surface area contributed by atoms with Gasteiger partial charge in [0.05, 0.1) is 37.8 Å². The molecule has 0 unspecified atom stereocenters. The molecule has 7 aromatic rings. The largest absolute Gasteiger partial charge is 0.737 e. The number of imidazole rings is 2. The summed E-state index contributed by atoms with van der Waals surface area (Å²) in [6, 6.07) is 27.8. The maximum Gasteiger partial charge on any atom is 0.737 e. The summed E-state index contributed by atoms with van der Waals surface area (Å²) in [7, 11) is 2.17. The van der Waals surface area contributed by atoms with Crippen LogP contribution in [0.3, 0.4) is 0 Å². The number of aromatic nitrogens is 5. The molecular weight excluding hydrogens is 1050 g/mol. The van der Waals surface area contributed by atoms with Crippen LogP contribution < -0.4 is 15.0 Å². The molecule has 3 aliphatic rings. The number of hydrogen-bond acceptors (Lipinski definition) is 6. The third-order valence-corrected chi connectivity index (χ3v) is 16.3. The summed E-state index contributed by atoms with van der Waals surface area (Å²) in [5.74, 6) is 2.18. The van der Waals surface area contributed by atoms with Crippen LogP contribution in [-0.2, 0) is 0 Å². The Balaban J connectivity index is 0.729. The van der Waals surface area contributed by atoms with Crippen LogP contribution in [0.2, 0.25) is 0 Å². The Hall–Kier alpha value is -5.34. The van der Waals surface area contributed by atoms with Crippen molar-refractivity contribution in [2.24, 2.45) is 0 Å². The van der Waals surface area contributed by atoms with Gasteiger partial charge in [-0.3, -0.25) is 4.79 Å². The number of likely N-dealkylation sites (N-methyl/N-ethyl adjacent to an activating group) is 1. The third-order valence-electron chi connectivity index (χ3n) is 13.1. The molecule has 3 aliphatic heterocycles. The van der Waals surface area contributed by atoms with Gasteiger partial charge in [0.25, 0.3) is 5.91 Å². The molecule has 0 radical (unpaired) electrons. The maximum atomic E-state index is 16.4. The number of unbranched alkanes of at least 4 members (excludes halogenated alkanes) is 1. The van der Waals surface area contributed by atoms with Gasteiger partial charge < -0.3 is 47.4 Å². The molecule has 0 aliphatic carbocycles. The van der Waals surface area contributed by atoms with Crippen molar-refractivity contribution >= 4 is 97.1 Å². The van der Waals surface area contributed by atoms with Crippen LogP contribution in [0.1, 0.15) is 59.6 Å². The number of rotatable bonds is 11. The minimum absolute atomic E-state index is 0.182. The van der Waals surface area contributed by atoms with Crippen molar-refractivity contribution in [1.29, 1.82) is 0 Å². The average molecular weight is 1100 g/mol. The number of piperazine rings is 1. The summed E-state index contributed by atoms with van der Waals surface area (Å²) >= 11 is 4.34. The van der Waals surface area contributed by atoms with E-state index in [0.29, 0.717) is 41.5 Å². The van der Waals surface area contributed by atoms with Crippen molar-refractivity contribution in [1.82, 2.24) is 34.6 Å². The van der Waals surface area contributed by atoms with E-state index in [0.717, 1.165) is 119 Å². The number of carbonyl (C=O) groups excluding carboxylic acids is 1. The summed E-state index contributed by atoms with van der Waals surface area (Å²) in [6.07, 6.45) is 1.50. The number of aromatic amines is 2. The first-order valence-electron chi connectivity index (χ1n) is 22.0. The first-order valence-corrected chi connectivity index (χ1v) is 24.1. The van der Waals surface area contributed by atoms with E-state index in [1.54, 1.807) is 26.0 Å². The van der Waals surface area contributed by atoms with Gasteiger partial charge in [0, 0.05) is 76.9 Å². The van der Waals surface area contributed by atoms with Crippen LogP contribution in [0.4, 0.5) is 14.3 Å². The van der Waals surface area contributed by atoms with Gasteiger partial charge in [-0.1, -0.05) is 12.1 Å². The Labute approximate surface area is 403 Å². The molecule has 16 heteroatoms. The highest BCUT2D eigenvalue weighted by atomic mass is 127. The van der Waals surface area contributed by atoms with Crippen molar-refractivity contribution < 1.29 is 22.6 Å². The molecule has 1 amide bonds. The minimum atomic E-state index is -4.09. The molecule has 3 aromatic heterocycles. The van der Waals surface area contributed by atoms with E-state index in [9.17, 15) is 4.79 Å². The number of amides is 1. The Morgan fingerprint density at radius 3 is 2.18 bits per heavy atom. The quantitative estimate of drug-likeness (QED) is 0.0676. The predicted molar refractivity (Wildman–Crippen MR) is 274 cm³/mol. The molecule has 332 valence electrons. The zero-order valence-electron chi connectivity index (χ0n) is 36.8. The highest BCUT2D eigenvalue weighted by Crippen LogP contribution is 2.47. The number of benzene rings is 4. The number of hydrogen-bond donors (Lipinski definition) is 3. The average Bonchev–Trinajstić information content (AvgIpc) is 4.05. The Kier molecular flexibility index (Phi) is 11.5. The molecule has 65 heavy (non-hydrogen) atoms. The van der Waals surface area contributed by atoms with Crippen molar-refractivity contribution in [2.45, 2.75) is 40.5 Å². The molecular formula is C49H48BF2I2N9O2. The number of anilines is 1. The van der Waals surface area contributed by atoms with Crippen molar-refractivity contribution in [2.75, 3.05) is 51.3 Å². The zero-order chi connectivity index (χ0) is 45.3. The molecule has 3 N–H and O–H groups in total. The highest BCUT2D eigenvalue weighted by Gasteiger charge is 2.56. The van der Waals surface area contributed by atoms with Gasteiger partial charge in [-0.15, -0.1) is 0 Å². The molecule has 0 bridgehead atoms. The number of H-pyrrole nitrogens is 2. The van der Waals surface area contributed by atoms with E-state index in [2.05, 4.69) is 108 Å². The van der Waals surface area contributed by atoms with Gasteiger partial charge in [-0.05, 0) is 175 Å². The molecule has 10 rings (SSSR count). The summed E-state index contributed by atoms with van der Waals surface area (Å²) in [5.41, 5.74) is 12.8. The first-order chi connectivity index (χ1) is 31.3. The molecule has 1 saturated heterocycles. The van der Waals surface area contributed by atoms with E-state index >= 15 is 8.63 Å². The van der Waals surface area contributed by atoms with Crippen molar-refractivity contribution in [3.8, 4) is 28.5 Å². The predicted octanol–water partition coefficient (Wildman–Crippen LogP) is 10.3. The van der Waals surface area contributed by atoms with Gasteiger partial charge >= 0.3 is 6.97 Å². The van der Waals surface area contributed by atoms with E-state index in [1.165, 1.54) is 14.7 Å². The second kappa shape index (κ2) is 17.1. The number of allylic oxidation sites excluding steroid dienone is 2. The molecule has 0 atom stereocenters. The summed E-state index contributed by atoms with van der Waals surface area (Å²) in [6.45, 7) is 8.41. The van der Waals surface area contributed by atoms with E-state index in [1.807, 2.05) is 56.3 Å². The van der Waals surface area contributed by atoms with Gasteiger partial charge in [-0.25, -0.2) is 9.97 Å². The van der Waals surface area contributed by atoms with Crippen molar-refractivity contribution in [3.05, 3.63) is 131 Å². The molecule has 6 heterocycles. The summed E-state index contributed by atoms with van der Waals surface area (Å²) < 4.78 is 42.9. The highest BCUT2D eigenvalue weighted by molar-refractivity contribution is 14.1. The normalized spacial score (nSPS) is 16.3. The fourth-order valence-corrected chi connectivity index (χ4v) is 10.5. The Morgan fingerprint density at radius 1 is 0.846 bits per heavy atom. The lowest BCUT2D eigenvalue weighted by Crippen LogP contribution is -2.51. The van der Waals surface area contributed by atoms with Crippen LogP contribution in [-0.4, -0.2) is 98.8 Å². The van der Waals surface area contributed by atoms with Crippen LogP contribution in [0.25, 0.3) is 50.4 Å². The second-order valence-corrected chi connectivity index (χ2v) is 19.4. The van der Waals surface area contributed by atoms with Gasteiger partial charge in [0.1, 0.15) is 23.1 Å². The fourth-order valence-electron chi connectivity index (χ4n) is 9.46. The smallest absolute Gasteiger partial charge is 0.494 e. The SMILES string of the molecule is CC1=C(I)C(C)=[N+]2C1=C(c1ccc(C(=O)NCCCCOc3ccc(-c4nc5ccc(-c6nc7ccc(N8CCN(C)CC8)cc7[nH]6)cc5[nH]4)cc3)cc1)c1c(C)c([125I])c(C)n1[B-]2(F)F. The maximum absolute atomic E-state index is 16.4. The van der Waals surface area contributed by atoms with E-state index in [-0.39, 0.29) is 5.91 Å². The van der Waals surface area contributed by atoms with Crippen molar-refractivity contribution in [3.63, 3.8) is 0 Å². The lowest BCUT2D eigenvalue weighted by molar-refractivity contribution is -0.363. The van der Waals surface area contributed by atoms with Crippen LogP contribution in [0.5, 0.6) is 5.75 Å². The number of ether oxygens (including phenoxy) is 1. The van der Waals surface area contributed by atoms with Crippen LogP contribution in [0.15, 0.2) is 99.8 Å². The van der Waals surface area contributed by atoms with E-state index < -0.39 is 6.97 Å². The molecule has 0 spiro atoms. The minimum Gasteiger partial charge on any atom is -0.494 e. The number of nitrogens with one attached hydrogen (secondary N) is 3. The van der Waals surface area contributed by atoms with Gasteiger partial charge in [-0.2, -0.15) is 0 Å². The lowest BCUT2D eigenvalue weighted by atomic mass is 9.83. The van der Waals surface area contributed by atoms with E-state index in [4.69, 9.17) is 14.7 Å². The van der Waals surface area contributed by atoms with Crippen LogP contribution in [0, 0.1) is 17.4 Å². The van der Waals surface area contributed by atoms with Crippen LogP contribution >= 0.6 is 45.2 Å². The second-order valence-electron chi connectivity index (χ2n) is 17.3. The monoisotopic (exact) mass is 1100 g/mol. The van der Waals surface area contributed by atoms with Gasteiger partial charge in [0.15, 0.2) is 5.70 Å². The number of nitrogens with zero attached hydrogens (tertiary/aromatic N) is 6. The lowest BCUT2D eigenvalue weighted by Gasteiger charge is -2.34. The molecule has 11 nitrogen and oxygen atoms in total. The number of carbonyl (C=O) groups is 1. The topological polar surface area (TPSA) is 110 Å².